The van der Waals surface area contributed by atoms with Gasteiger partial charge in [-0.15, -0.1) is 0 Å². The van der Waals surface area contributed by atoms with Crippen LogP contribution in [0.4, 0.5) is 0 Å². The van der Waals surface area contributed by atoms with Gasteiger partial charge in [-0.25, -0.2) is 13.1 Å². The number of carbonyl (C=O) groups excluding carboxylic acids is 1. The van der Waals surface area contributed by atoms with Crippen molar-refractivity contribution in [2.75, 3.05) is 20.2 Å². The molecule has 0 spiro atoms. The SMILES string of the molecule is COc1ccc(S(=O)(=O)NC2CCN(C(=O)c3ccco3)CC2)cc1. The topological polar surface area (TPSA) is 88.9 Å². The Hall–Kier alpha value is -2.32. The lowest BCUT2D eigenvalue weighted by Crippen LogP contribution is -2.46. The van der Waals surface area contributed by atoms with Crippen LogP contribution < -0.4 is 9.46 Å². The number of sulfonamides is 1. The number of hydrogen-bond acceptors (Lipinski definition) is 5. The van der Waals surface area contributed by atoms with E-state index in [9.17, 15) is 13.2 Å². The lowest BCUT2D eigenvalue weighted by atomic mass is 10.1. The van der Waals surface area contributed by atoms with Crippen LogP contribution in [0.1, 0.15) is 23.4 Å². The highest BCUT2D eigenvalue weighted by Crippen LogP contribution is 2.19. The highest BCUT2D eigenvalue weighted by atomic mass is 32.2. The van der Waals surface area contributed by atoms with E-state index in [-0.39, 0.29) is 16.8 Å². The van der Waals surface area contributed by atoms with Crippen LogP contribution >= 0.6 is 0 Å². The predicted octanol–water partition coefficient (Wildman–Crippen LogP) is 1.87. The lowest BCUT2D eigenvalue weighted by Gasteiger charge is -2.31. The number of nitrogens with zero attached hydrogens (tertiary/aromatic N) is 1. The molecule has 1 N–H and O–H groups in total. The van der Waals surface area contributed by atoms with Crippen molar-refractivity contribution < 1.29 is 22.4 Å². The molecular formula is C17H20N2O5S. The molecule has 1 saturated heterocycles. The molecule has 1 aromatic heterocycles. The normalized spacial score (nSPS) is 16.0. The summed E-state index contributed by atoms with van der Waals surface area (Å²) < 4.78 is 37.8. The molecule has 1 aliphatic rings. The standard InChI is InChI=1S/C17H20N2O5S/c1-23-14-4-6-15(7-5-14)25(21,22)18-13-8-10-19(11-9-13)17(20)16-3-2-12-24-16/h2-7,12-13,18H,8-11H2,1H3. The molecule has 25 heavy (non-hydrogen) atoms. The lowest BCUT2D eigenvalue weighted by molar-refractivity contribution is 0.0679. The Morgan fingerprint density at radius 3 is 2.44 bits per heavy atom. The van der Waals surface area contributed by atoms with Gasteiger partial charge in [0.05, 0.1) is 18.3 Å². The summed E-state index contributed by atoms with van der Waals surface area (Å²) in [6.45, 7) is 0.963. The van der Waals surface area contributed by atoms with Crippen molar-refractivity contribution in [1.29, 1.82) is 0 Å². The summed E-state index contributed by atoms with van der Waals surface area (Å²) in [5.74, 6) is 0.738. The molecule has 0 bridgehead atoms. The van der Waals surface area contributed by atoms with E-state index in [1.54, 1.807) is 29.2 Å². The quantitative estimate of drug-likeness (QED) is 0.875. The first-order valence-electron chi connectivity index (χ1n) is 7.99. The summed E-state index contributed by atoms with van der Waals surface area (Å²) in [5.41, 5.74) is 0. The number of carbonyl (C=O) groups is 1. The van der Waals surface area contributed by atoms with E-state index in [0.29, 0.717) is 37.4 Å². The minimum Gasteiger partial charge on any atom is -0.497 e. The van der Waals surface area contributed by atoms with Crippen LogP contribution in [0.5, 0.6) is 5.75 Å². The zero-order valence-corrected chi connectivity index (χ0v) is 14.7. The number of hydrogen-bond donors (Lipinski definition) is 1. The molecule has 0 saturated carbocycles. The van der Waals surface area contributed by atoms with Crippen LogP contribution in [0.15, 0.2) is 52.0 Å². The molecule has 8 heteroatoms. The maximum Gasteiger partial charge on any atom is 0.289 e. The van der Waals surface area contributed by atoms with Crippen LogP contribution in [0.3, 0.4) is 0 Å². The Kier molecular flexibility index (Phi) is 5.10. The molecule has 3 rings (SSSR count). The number of methoxy groups -OCH3 is 1. The van der Waals surface area contributed by atoms with Gasteiger partial charge in [0, 0.05) is 19.1 Å². The van der Waals surface area contributed by atoms with Crippen molar-refractivity contribution in [1.82, 2.24) is 9.62 Å². The summed E-state index contributed by atoms with van der Waals surface area (Å²) in [5, 5.41) is 0. The van der Waals surface area contributed by atoms with Crippen molar-refractivity contribution in [2.45, 2.75) is 23.8 Å². The molecule has 0 unspecified atom stereocenters. The minimum absolute atomic E-state index is 0.165. The average Bonchev–Trinajstić information content (AvgIpc) is 3.16. The maximum absolute atomic E-state index is 12.5. The van der Waals surface area contributed by atoms with Crippen molar-refractivity contribution >= 4 is 15.9 Å². The van der Waals surface area contributed by atoms with E-state index in [1.807, 2.05) is 0 Å². The Labute approximate surface area is 146 Å². The minimum atomic E-state index is -3.59. The van der Waals surface area contributed by atoms with Crippen molar-refractivity contribution in [3.63, 3.8) is 0 Å². The van der Waals surface area contributed by atoms with E-state index in [1.165, 1.54) is 25.5 Å². The predicted molar refractivity (Wildman–Crippen MR) is 90.9 cm³/mol. The Balaban J connectivity index is 1.58. The van der Waals surface area contributed by atoms with Gasteiger partial charge in [-0.3, -0.25) is 4.79 Å². The Bertz CT molecular complexity index is 807. The first-order valence-corrected chi connectivity index (χ1v) is 9.47. The van der Waals surface area contributed by atoms with Crippen molar-refractivity contribution in [3.8, 4) is 5.75 Å². The fourth-order valence-electron chi connectivity index (χ4n) is 2.80. The van der Waals surface area contributed by atoms with Gasteiger partial charge in [-0.05, 0) is 49.2 Å². The smallest absolute Gasteiger partial charge is 0.289 e. The second-order valence-electron chi connectivity index (χ2n) is 5.84. The van der Waals surface area contributed by atoms with Crippen molar-refractivity contribution in [3.05, 3.63) is 48.4 Å². The third-order valence-corrected chi connectivity index (χ3v) is 5.74. The molecule has 0 aliphatic carbocycles. The molecule has 1 fully saturated rings. The summed E-state index contributed by atoms with van der Waals surface area (Å²) in [4.78, 5) is 14.1. The summed E-state index contributed by atoms with van der Waals surface area (Å²) in [6, 6.07) is 9.34. The fourth-order valence-corrected chi connectivity index (χ4v) is 4.10. The first kappa shape index (κ1) is 17.5. The number of nitrogens with one attached hydrogen (secondary N) is 1. The number of ether oxygens (including phenoxy) is 1. The van der Waals surface area contributed by atoms with Gasteiger partial charge in [0.2, 0.25) is 10.0 Å². The molecule has 0 radical (unpaired) electrons. The number of rotatable bonds is 5. The number of likely N-dealkylation sites (tertiary alicyclic amines) is 1. The zero-order chi connectivity index (χ0) is 17.9. The van der Waals surface area contributed by atoms with Gasteiger partial charge in [0.15, 0.2) is 5.76 Å². The fraction of sp³-hybridized carbons (Fsp3) is 0.353. The van der Waals surface area contributed by atoms with Gasteiger partial charge in [-0.2, -0.15) is 0 Å². The molecule has 134 valence electrons. The molecule has 0 atom stereocenters. The largest absolute Gasteiger partial charge is 0.497 e. The van der Waals surface area contributed by atoms with Gasteiger partial charge in [0.1, 0.15) is 5.75 Å². The molecule has 1 aromatic carbocycles. The second kappa shape index (κ2) is 7.28. The van der Waals surface area contributed by atoms with E-state index in [2.05, 4.69) is 4.72 Å². The first-order chi connectivity index (χ1) is 12.0. The number of piperidine rings is 1. The third kappa shape index (κ3) is 4.02. The zero-order valence-electron chi connectivity index (χ0n) is 13.8. The van der Waals surface area contributed by atoms with Crippen LogP contribution in [0, 0.1) is 0 Å². The highest BCUT2D eigenvalue weighted by molar-refractivity contribution is 7.89. The monoisotopic (exact) mass is 364 g/mol. The Morgan fingerprint density at radius 2 is 1.88 bits per heavy atom. The highest BCUT2D eigenvalue weighted by Gasteiger charge is 2.28. The van der Waals surface area contributed by atoms with Gasteiger partial charge in [0.25, 0.3) is 5.91 Å². The van der Waals surface area contributed by atoms with Gasteiger partial charge in [-0.1, -0.05) is 0 Å². The molecule has 2 heterocycles. The van der Waals surface area contributed by atoms with Gasteiger partial charge < -0.3 is 14.1 Å². The summed E-state index contributed by atoms with van der Waals surface area (Å²) >= 11 is 0. The maximum atomic E-state index is 12.5. The summed E-state index contributed by atoms with van der Waals surface area (Å²) in [7, 11) is -2.07. The van der Waals surface area contributed by atoms with Crippen LogP contribution in [0.25, 0.3) is 0 Å². The molecular weight excluding hydrogens is 344 g/mol. The van der Waals surface area contributed by atoms with Crippen LogP contribution in [0.2, 0.25) is 0 Å². The third-order valence-electron chi connectivity index (χ3n) is 4.21. The van der Waals surface area contributed by atoms with Crippen LogP contribution in [-0.4, -0.2) is 45.5 Å². The van der Waals surface area contributed by atoms with E-state index in [0.717, 1.165) is 0 Å². The number of benzene rings is 1. The van der Waals surface area contributed by atoms with E-state index < -0.39 is 10.0 Å². The molecule has 2 aromatic rings. The number of amides is 1. The Morgan fingerprint density at radius 1 is 1.20 bits per heavy atom. The van der Waals surface area contributed by atoms with E-state index >= 15 is 0 Å². The van der Waals surface area contributed by atoms with Crippen molar-refractivity contribution in [2.24, 2.45) is 0 Å². The molecule has 1 amide bonds. The molecule has 7 nitrogen and oxygen atoms in total. The molecule has 1 aliphatic heterocycles. The van der Waals surface area contributed by atoms with E-state index in [4.69, 9.17) is 9.15 Å². The summed E-state index contributed by atoms with van der Waals surface area (Å²) in [6.07, 6.45) is 2.58. The average molecular weight is 364 g/mol. The van der Waals surface area contributed by atoms with Crippen LogP contribution in [-0.2, 0) is 10.0 Å². The number of furan rings is 1. The second-order valence-corrected chi connectivity index (χ2v) is 7.55. The van der Waals surface area contributed by atoms with Gasteiger partial charge >= 0.3 is 0 Å².